The van der Waals surface area contributed by atoms with Crippen LogP contribution < -0.4 is 11.5 Å². The molecule has 2 heteroatoms. The van der Waals surface area contributed by atoms with Gasteiger partial charge in [0.1, 0.15) is 0 Å². The molecule has 2 atom stereocenters. The summed E-state index contributed by atoms with van der Waals surface area (Å²) in [6, 6.07) is 0.0241. The average molecular weight is 174 g/mol. The zero-order chi connectivity index (χ0) is 9.47. The third-order valence-electron chi connectivity index (χ3n) is 2.88. The molecule has 2 unspecified atom stereocenters. The number of fused-ring (bicyclic) bond motifs is 1. The highest BCUT2D eigenvalue weighted by Gasteiger charge is 2.34. The van der Waals surface area contributed by atoms with Gasteiger partial charge in [-0.2, -0.15) is 0 Å². The molecule has 68 valence electrons. The molecule has 13 heavy (non-hydrogen) atoms. The van der Waals surface area contributed by atoms with Gasteiger partial charge < -0.3 is 11.5 Å². The molecule has 0 saturated carbocycles. The molecular formula is C11H14N2. The van der Waals surface area contributed by atoms with Crippen molar-refractivity contribution in [2.24, 2.45) is 16.9 Å². The van der Waals surface area contributed by atoms with Gasteiger partial charge in [-0.05, 0) is 11.6 Å². The zero-order valence-corrected chi connectivity index (χ0v) is 7.70. The van der Waals surface area contributed by atoms with E-state index in [1.54, 1.807) is 0 Å². The molecule has 0 aliphatic heterocycles. The Morgan fingerprint density at radius 2 is 2.08 bits per heavy atom. The van der Waals surface area contributed by atoms with Crippen LogP contribution in [0, 0.1) is 5.41 Å². The first kappa shape index (κ1) is 8.32. The summed E-state index contributed by atoms with van der Waals surface area (Å²) in [6.07, 6.45) is 12.0. The van der Waals surface area contributed by atoms with Crippen molar-refractivity contribution in [3.05, 3.63) is 47.7 Å². The second kappa shape index (κ2) is 2.60. The molecule has 0 radical (unpaired) electrons. The summed E-state index contributed by atoms with van der Waals surface area (Å²) in [5.41, 5.74) is 13.7. The van der Waals surface area contributed by atoms with E-state index in [0.29, 0.717) is 0 Å². The molecule has 0 heterocycles. The Morgan fingerprint density at radius 3 is 2.77 bits per heavy atom. The first-order chi connectivity index (χ1) is 6.14. The number of nitrogens with two attached hydrogens (primary N) is 2. The van der Waals surface area contributed by atoms with Crippen molar-refractivity contribution < 1.29 is 0 Å². The highest BCUT2D eigenvalue weighted by molar-refractivity contribution is 5.48. The summed E-state index contributed by atoms with van der Waals surface area (Å²) >= 11 is 0. The van der Waals surface area contributed by atoms with Crippen molar-refractivity contribution in [1.82, 2.24) is 0 Å². The molecule has 2 nitrogen and oxygen atoms in total. The smallest absolute Gasteiger partial charge is 0.0359 e. The first-order valence-corrected chi connectivity index (χ1v) is 4.44. The largest absolute Gasteiger partial charge is 0.398 e. The highest BCUT2D eigenvalue weighted by Crippen LogP contribution is 2.39. The summed E-state index contributed by atoms with van der Waals surface area (Å²) in [6.45, 7) is 2.11. The van der Waals surface area contributed by atoms with Crippen molar-refractivity contribution >= 4 is 0 Å². The molecule has 2 rings (SSSR count). The lowest BCUT2D eigenvalue weighted by atomic mass is 9.70. The first-order valence-electron chi connectivity index (χ1n) is 4.44. The molecule has 2 aliphatic carbocycles. The van der Waals surface area contributed by atoms with Crippen molar-refractivity contribution in [3.8, 4) is 0 Å². The van der Waals surface area contributed by atoms with E-state index in [0.717, 1.165) is 11.3 Å². The normalized spacial score (nSPS) is 36.6. The molecule has 0 aromatic heterocycles. The van der Waals surface area contributed by atoms with Crippen LogP contribution in [0.3, 0.4) is 0 Å². The Hall–Kier alpha value is -1.28. The number of hydrogen-bond acceptors (Lipinski definition) is 2. The predicted molar refractivity (Wildman–Crippen MR) is 54.7 cm³/mol. The van der Waals surface area contributed by atoms with E-state index in [2.05, 4.69) is 13.0 Å². The average Bonchev–Trinajstić information content (AvgIpc) is 2.12. The Morgan fingerprint density at radius 1 is 1.31 bits per heavy atom. The van der Waals surface area contributed by atoms with Gasteiger partial charge in [0.05, 0.1) is 0 Å². The van der Waals surface area contributed by atoms with Gasteiger partial charge in [-0.1, -0.05) is 37.3 Å². The summed E-state index contributed by atoms with van der Waals surface area (Å²) < 4.78 is 0. The minimum Gasteiger partial charge on any atom is -0.398 e. The topological polar surface area (TPSA) is 52.0 Å². The Kier molecular flexibility index (Phi) is 1.67. The van der Waals surface area contributed by atoms with E-state index in [1.165, 1.54) is 0 Å². The highest BCUT2D eigenvalue weighted by atomic mass is 14.7. The zero-order valence-electron chi connectivity index (χ0n) is 7.70. The lowest BCUT2D eigenvalue weighted by molar-refractivity contribution is 0.452. The monoisotopic (exact) mass is 174 g/mol. The van der Waals surface area contributed by atoms with Crippen LogP contribution in [0.2, 0.25) is 0 Å². The van der Waals surface area contributed by atoms with E-state index < -0.39 is 0 Å². The molecule has 0 aromatic rings. The maximum Gasteiger partial charge on any atom is 0.0359 e. The summed E-state index contributed by atoms with van der Waals surface area (Å²) in [5, 5.41) is 0. The van der Waals surface area contributed by atoms with Gasteiger partial charge in [-0.25, -0.2) is 0 Å². The summed E-state index contributed by atoms with van der Waals surface area (Å²) in [7, 11) is 0. The second-order valence-corrected chi connectivity index (χ2v) is 3.75. The van der Waals surface area contributed by atoms with E-state index in [1.807, 2.05) is 30.4 Å². The lowest BCUT2D eigenvalue weighted by Crippen LogP contribution is -2.41. The van der Waals surface area contributed by atoms with Crippen molar-refractivity contribution in [2.45, 2.75) is 13.0 Å². The van der Waals surface area contributed by atoms with Gasteiger partial charge in [0, 0.05) is 17.2 Å². The molecule has 4 N–H and O–H groups in total. The SMILES string of the molecule is CC12C=CC=CC1=C(N)C=CC2N. The fourth-order valence-electron chi connectivity index (χ4n) is 1.87. The summed E-state index contributed by atoms with van der Waals surface area (Å²) in [4.78, 5) is 0. The standard InChI is InChI=1S/C11H14N2/c1-11-7-3-2-4-8(11)9(12)5-6-10(11)13/h2-7,10H,12-13H2,1H3. The minimum atomic E-state index is -0.117. The Bertz CT molecular complexity index is 347. The quantitative estimate of drug-likeness (QED) is 0.580. The van der Waals surface area contributed by atoms with Gasteiger partial charge in [-0.15, -0.1) is 0 Å². The number of allylic oxidation sites excluding steroid dienone is 4. The van der Waals surface area contributed by atoms with Crippen LogP contribution in [0.15, 0.2) is 47.7 Å². The van der Waals surface area contributed by atoms with Crippen LogP contribution >= 0.6 is 0 Å². The van der Waals surface area contributed by atoms with Gasteiger partial charge in [0.2, 0.25) is 0 Å². The number of hydrogen-bond donors (Lipinski definition) is 2. The number of rotatable bonds is 0. The maximum absolute atomic E-state index is 6.02. The van der Waals surface area contributed by atoms with Crippen molar-refractivity contribution in [1.29, 1.82) is 0 Å². The molecule has 0 saturated heterocycles. The fraction of sp³-hybridized carbons (Fsp3) is 0.273. The van der Waals surface area contributed by atoms with Crippen LogP contribution in [-0.4, -0.2) is 6.04 Å². The Labute approximate surface area is 78.3 Å². The van der Waals surface area contributed by atoms with Crippen LogP contribution in [0.1, 0.15) is 6.92 Å². The fourth-order valence-corrected chi connectivity index (χ4v) is 1.87. The second-order valence-electron chi connectivity index (χ2n) is 3.75. The van der Waals surface area contributed by atoms with E-state index in [9.17, 15) is 0 Å². The minimum absolute atomic E-state index is 0.0241. The molecule has 0 spiro atoms. The van der Waals surface area contributed by atoms with E-state index >= 15 is 0 Å². The lowest BCUT2D eigenvalue weighted by Gasteiger charge is -2.37. The van der Waals surface area contributed by atoms with E-state index in [-0.39, 0.29) is 11.5 Å². The summed E-state index contributed by atoms with van der Waals surface area (Å²) in [5.74, 6) is 0. The molecule has 0 amide bonds. The van der Waals surface area contributed by atoms with Gasteiger partial charge in [-0.3, -0.25) is 0 Å². The molecule has 0 bridgehead atoms. The molecule has 0 aromatic carbocycles. The molecule has 2 aliphatic rings. The maximum atomic E-state index is 6.02. The van der Waals surface area contributed by atoms with Gasteiger partial charge in [0.25, 0.3) is 0 Å². The predicted octanol–water partition coefficient (Wildman–Crippen LogP) is 1.23. The van der Waals surface area contributed by atoms with Crippen molar-refractivity contribution in [3.63, 3.8) is 0 Å². The van der Waals surface area contributed by atoms with Gasteiger partial charge in [0.15, 0.2) is 0 Å². The third kappa shape index (κ3) is 1.06. The molecule has 0 fully saturated rings. The van der Waals surface area contributed by atoms with Gasteiger partial charge >= 0.3 is 0 Å². The van der Waals surface area contributed by atoms with Crippen LogP contribution in [0.5, 0.6) is 0 Å². The Balaban J connectivity index is 2.57. The van der Waals surface area contributed by atoms with Crippen LogP contribution in [0.25, 0.3) is 0 Å². The van der Waals surface area contributed by atoms with Crippen LogP contribution in [-0.2, 0) is 0 Å². The van der Waals surface area contributed by atoms with E-state index in [4.69, 9.17) is 11.5 Å². The molecular weight excluding hydrogens is 160 g/mol. The van der Waals surface area contributed by atoms with Crippen molar-refractivity contribution in [2.75, 3.05) is 0 Å². The third-order valence-corrected chi connectivity index (χ3v) is 2.88. The van der Waals surface area contributed by atoms with Crippen LogP contribution in [0.4, 0.5) is 0 Å².